The zero-order valence-electron chi connectivity index (χ0n) is 25.0. The maximum atomic E-state index is 14.0. The summed E-state index contributed by atoms with van der Waals surface area (Å²) in [7, 11) is -2.06. The predicted octanol–water partition coefficient (Wildman–Crippen LogP) is 4.87. The number of aromatic nitrogens is 3. The molecule has 14 heteroatoms. The molecule has 0 bridgehead atoms. The molecule has 0 saturated carbocycles. The molecule has 11 nitrogen and oxygen atoms in total. The zero-order valence-corrected chi connectivity index (χ0v) is 25.8. The van der Waals surface area contributed by atoms with Gasteiger partial charge in [-0.05, 0) is 61.6 Å². The highest BCUT2D eigenvalue weighted by molar-refractivity contribution is 7.92. The summed E-state index contributed by atoms with van der Waals surface area (Å²) in [6.45, 7) is 6.15. The van der Waals surface area contributed by atoms with Crippen molar-refractivity contribution in [3.8, 4) is 11.3 Å². The second-order valence-electron chi connectivity index (χ2n) is 10.7. The van der Waals surface area contributed by atoms with Crippen molar-refractivity contribution in [3.63, 3.8) is 0 Å². The minimum atomic E-state index is -4.23. The van der Waals surface area contributed by atoms with Crippen molar-refractivity contribution in [2.45, 2.75) is 11.4 Å². The van der Waals surface area contributed by atoms with Gasteiger partial charge in [0.05, 0.1) is 5.69 Å². The smallest absolute Gasteiger partial charge is 0.290 e. The monoisotopic (exact) mass is 649 g/mol. The topological polar surface area (TPSA) is 133 Å². The zero-order chi connectivity index (χ0) is 32.7. The lowest BCUT2D eigenvalue weighted by atomic mass is 10.1. The first-order valence-corrected chi connectivity index (χ1v) is 15.9. The van der Waals surface area contributed by atoms with Crippen molar-refractivity contribution < 1.29 is 27.1 Å². The van der Waals surface area contributed by atoms with Gasteiger partial charge in [-0.3, -0.25) is 14.4 Å². The summed E-state index contributed by atoms with van der Waals surface area (Å²) >= 11 is 0. The molecule has 0 radical (unpaired) electrons. The minimum absolute atomic E-state index is 0.224. The number of sulfonamides is 1. The van der Waals surface area contributed by atoms with E-state index in [2.05, 4.69) is 71.9 Å². The van der Waals surface area contributed by atoms with Crippen LogP contribution in [0.2, 0.25) is 0 Å². The quantitative estimate of drug-likeness (QED) is 0.191. The number of carboxylic acid groups (broad SMARTS) is 1. The molecule has 1 aliphatic rings. The van der Waals surface area contributed by atoms with Gasteiger partial charge in [-0.1, -0.05) is 6.07 Å². The lowest BCUT2D eigenvalue weighted by Gasteiger charge is -2.32. The molecular weight excluding hydrogens is 616 g/mol. The molecule has 1 aliphatic heterocycles. The molecule has 1 fully saturated rings. The van der Waals surface area contributed by atoms with Crippen LogP contribution in [-0.4, -0.2) is 84.1 Å². The number of carbonyl (C=O) groups is 1. The Kier molecular flexibility index (Phi) is 10.2. The van der Waals surface area contributed by atoms with Crippen LogP contribution in [0, 0.1) is 11.6 Å². The van der Waals surface area contributed by atoms with Gasteiger partial charge in [0, 0.05) is 85.4 Å². The number of nitrogens with zero attached hydrogens (tertiary/aromatic N) is 5. The second-order valence-corrected chi connectivity index (χ2v) is 12.4. The normalized spacial score (nSPS) is 14.0. The Hall–Kier alpha value is -4.92. The Balaban J connectivity index is 0.00000134. The molecule has 240 valence electrons. The highest BCUT2D eigenvalue weighted by Crippen LogP contribution is 2.27. The van der Waals surface area contributed by atoms with E-state index < -0.39 is 26.6 Å². The molecular formula is C32H33F2N7O4S. The fourth-order valence-corrected chi connectivity index (χ4v) is 6.25. The van der Waals surface area contributed by atoms with E-state index in [1.807, 2.05) is 6.07 Å². The number of benzene rings is 3. The summed E-state index contributed by atoms with van der Waals surface area (Å²) in [6.07, 6.45) is 3.63. The van der Waals surface area contributed by atoms with Crippen LogP contribution in [0.3, 0.4) is 0 Å². The number of hydrogen-bond acceptors (Lipinski definition) is 8. The summed E-state index contributed by atoms with van der Waals surface area (Å²) in [4.78, 5) is 21.4. The Morgan fingerprint density at radius 1 is 0.891 bits per heavy atom. The Morgan fingerprint density at radius 2 is 1.61 bits per heavy atom. The number of anilines is 3. The lowest BCUT2D eigenvalue weighted by molar-refractivity contribution is -0.122. The van der Waals surface area contributed by atoms with Crippen LogP contribution < -0.4 is 10.0 Å². The van der Waals surface area contributed by atoms with Gasteiger partial charge < -0.3 is 19.9 Å². The van der Waals surface area contributed by atoms with E-state index in [0.717, 1.165) is 68.0 Å². The van der Waals surface area contributed by atoms with Gasteiger partial charge in [-0.15, -0.1) is 0 Å². The van der Waals surface area contributed by atoms with Crippen molar-refractivity contribution in [1.82, 2.24) is 24.3 Å². The predicted molar refractivity (Wildman–Crippen MR) is 172 cm³/mol. The van der Waals surface area contributed by atoms with Gasteiger partial charge >= 0.3 is 0 Å². The third kappa shape index (κ3) is 8.02. The molecule has 2 aromatic heterocycles. The SMILES string of the molecule is CN1CCN(CCn2ccc3cc(-c4cc(Nc5ccc(NS(=O)(=O)c6ccc(F)cc6F)cc5)ncn4)ccc32)CC1.O=CO. The first-order valence-electron chi connectivity index (χ1n) is 14.4. The Morgan fingerprint density at radius 3 is 2.33 bits per heavy atom. The molecule has 0 unspecified atom stereocenters. The number of fused-ring (bicyclic) bond motifs is 1. The summed E-state index contributed by atoms with van der Waals surface area (Å²) in [5.74, 6) is -1.45. The molecule has 0 spiro atoms. The highest BCUT2D eigenvalue weighted by Gasteiger charge is 2.20. The first kappa shape index (κ1) is 32.5. The number of halogens is 2. The summed E-state index contributed by atoms with van der Waals surface area (Å²) in [6, 6.07) is 19.0. The van der Waals surface area contributed by atoms with Crippen LogP contribution in [0.15, 0.2) is 90.2 Å². The molecule has 3 N–H and O–H groups in total. The molecule has 46 heavy (non-hydrogen) atoms. The van der Waals surface area contributed by atoms with E-state index in [0.29, 0.717) is 17.6 Å². The van der Waals surface area contributed by atoms with Crippen molar-refractivity contribution >= 4 is 44.6 Å². The van der Waals surface area contributed by atoms with Crippen molar-refractivity contribution in [3.05, 3.63) is 97.0 Å². The average Bonchev–Trinajstić information content (AvgIpc) is 3.44. The number of piperazine rings is 1. The van der Waals surface area contributed by atoms with E-state index >= 15 is 0 Å². The lowest BCUT2D eigenvalue weighted by Crippen LogP contribution is -2.45. The molecule has 0 amide bonds. The van der Waals surface area contributed by atoms with Crippen LogP contribution in [-0.2, 0) is 21.4 Å². The third-order valence-electron chi connectivity index (χ3n) is 7.58. The fraction of sp³-hybridized carbons (Fsp3) is 0.219. The number of likely N-dealkylation sites (N-methyl/N-ethyl adjacent to an activating group) is 1. The van der Waals surface area contributed by atoms with Gasteiger partial charge in [0.2, 0.25) is 0 Å². The highest BCUT2D eigenvalue weighted by atomic mass is 32.2. The maximum Gasteiger partial charge on any atom is 0.290 e. The molecule has 1 saturated heterocycles. The minimum Gasteiger partial charge on any atom is -0.483 e. The van der Waals surface area contributed by atoms with Crippen molar-refractivity contribution in [1.29, 1.82) is 0 Å². The van der Waals surface area contributed by atoms with Gasteiger partial charge in [0.1, 0.15) is 28.7 Å². The second kappa shape index (κ2) is 14.5. The van der Waals surface area contributed by atoms with E-state index in [4.69, 9.17) is 9.90 Å². The third-order valence-corrected chi connectivity index (χ3v) is 8.99. The van der Waals surface area contributed by atoms with Crippen molar-refractivity contribution in [2.24, 2.45) is 0 Å². The molecule has 3 aromatic carbocycles. The number of nitrogens with one attached hydrogen (secondary N) is 2. The Bertz CT molecular complexity index is 1910. The van der Waals surface area contributed by atoms with Crippen LogP contribution >= 0.6 is 0 Å². The summed E-state index contributed by atoms with van der Waals surface area (Å²) in [5.41, 5.74) is 3.79. The van der Waals surface area contributed by atoms with Gasteiger partial charge in [-0.2, -0.15) is 0 Å². The molecule has 3 heterocycles. The van der Waals surface area contributed by atoms with E-state index in [-0.39, 0.29) is 12.2 Å². The number of hydrogen-bond donors (Lipinski definition) is 3. The van der Waals surface area contributed by atoms with Gasteiger partial charge in [0.25, 0.3) is 16.5 Å². The van der Waals surface area contributed by atoms with Crippen LogP contribution in [0.25, 0.3) is 22.2 Å². The first-order chi connectivity index (χ1) is 22.1. The fourth-order valence-electron chi connectivity index (χ4n) is 5.13. The standard InChI is InChI=1S/C31H31F2N7O2S.CH2O2/c1-38-12-14-39(15-13-38)16-17-40-11-10-23-18-22(2-8-29(23)40)28-20-31(35-21-34-28)36-25-4-6-26(7-5-25)37-43(41,42)30-9-3-24(32)19-27(30)33;2-1-3/h2-11,18-21,37H,12-17H2,1H3,(H,34,35,36);1H,(H,2,3). The van der Waals surface area contributed by atoms with E-state index in [9.17, 15) is 17.2 Å². The van der Waals surface area contributed by atoms with Crippen LogP contribution in [0.4, 0.5) is 26.0 Å². The summed E-state index contributed by atoms with van der Waals surface area (Å²) in [5, 5.41) is 11.2. The van der Waals surface area contributed by atoms with Gasteiger partial charge in [-0.25, -0.2) is 27.2 Å². The van der Waals surface area contributed by atoms with Crippen molar-refractivity contribution in [2.75, 3.05) is 49.8 Å². The molecule has 5 aromatic rings. The maximum absolute atomic E-state index is 14.0. The average molecular weight is 650 g/mol. The van der Waals surface area contributed by atoms with Gasteiger partial charge in [0.15, 0.2) is 0 Å². The van der Waals surface area contributed by atoms with E-state index in [1.54, 1.807) is 12.1 Å². The summed E-state index contributed by atoms with van der Waals surface area (Å²) < 4.78 is 56.9. The Labute approximate surface area is 265 Å². The van der Waals surface area contributed by atoms with E-state index in [1.165, 1.54) is 24.0 Å². The van der Waals surface area contributed by atoms with Crippen LogP contribution in [0.1, 0.15) is 0 Å². The largest absolute Gasteiger partial charge is 0.483 e. The molecule has 6 rings (SSSR count). The van der Waals surface area contributed by atoms with Crippen LogP contribution in [0.5, 0.6) is 0 Å². The molecule has 0 aliphatic carbocycles. The number of rotatable bonds is 9. The molecule has 0 atom stereocenters.